The van der Waals surface area contributed by atoms with Gasteiger partial charge < -0.3 is 9.47 Å². The summed E-state index contributed by atoms with van der Waals surface area (Å²) in [5, 5.41) is 0. The number of methoxy groups -OCH3 is 1. The Bertz CT molecular complexity index is 897. The van der Waals surface area contributed by atoms with E-state index in [1.165, 1.54) is 25.2 Å². The zero-order valence-electron chi connectivity index (χ0n) is 19.0. The first-order chi connectivity index (χ1) is 14.8. The van der Waals surface area contributed by atoms with E-state index in [1.54, 1.807) is 0 Å². The van der Waals surface area contributed by atoms with Crippen LogP contribution in [0.25, 0.3) is 0 Å². The Labute approximate surface area is 185 Å². The SMILES string of the molecule is COC(=O)CCN1CC[C@@](C)(c2cccc(OC(C)=O)c2)[C@@H](C)[C@@H]1Cc1ccccc1. The summed E-state index contributed by atoms with van der Waals surface area (Å²) in [6, 6.07) is 18.7. The van der Waals surface area contributed by atoms with Gasteiger partial charge in [-0.1, -0.05) is 56.3 Å². The molecule has 0 unspecified atom stereocenters. The van der Waals surface area contributed by atoms with Gasteiger partial charge in [0.2, 0.25) is 0 Å². The lowest BCUT2D eigenvalue weighted by Gasteiger charge is -2.51. The van der Waals surface area contributed by atoms with Crippen LogP contribution in [-0.4, -0.2) is 43.1 Å². The monoisotopic (exact) mass is 423 g/mol. The Morgan fingerprint density at radius 1 is 1.13 bits per heavy atom. The molecule has 1 aliphatic rings. The van der Waals surface area contributed by atoms with Gasteiger partial charge in [0.1, 0.15) is 5.75 Å². The highest BCUT2D eigenvalue weighted by Gasteiger charge is 2.44. The number of nitrogens with zero attached hydrogens (tertiary/aromatic N) is 1. The molecule has 0 spiro atoms. The topological polar surface area (TPSA) is 55.8 Å². The van der Waals surface area contributed by atoms with E-state index in [0.29, 0.717) is 24.6 Å². The first kappa shape index (κ1) is 23.0. The zero-order chi connectivity index (χ0) is 22.4. The number of likely N-dealkylation sites (tertiary alicyclic amines) is 1. The molecule has 3 atom stereocenters. The largest absolute Gasteiger partial charge is 0.469 e. The number of hydrogen-bond acceptors (Lipinski definition) is 5. The summed E-state index contributed by atoms with van der Waals surface area (Å²) in [4.78, 5) is 25.7. The summed E-state index contributed by atoms with van der Waals surface area (Å²) in [6.45, 7) is 7.62. The van der Waals surface area contributed by atoms with Crippen LogP contribution in [0.3, 0.4) is 0 Å². The molecule has 3 rings (SSSR count). The van der Waals surface area contributed by atoms with Gasteiger partial charge in [0.15, 0.2) is 0 Å². The summed E-state index contributed by atoms with van der Waals surface area (Å²) in [6.07, 6.45) is 2.28. The van der Waals surface area contributed by atoms with Crippen LogP contribution in [0.2, 0.25) is 0 Å². The van der Waals surface area contributed by atoms with Crippen molar-refractivity contribution in [1.82, 2.24) is 4.90 Å². The molecule has 1 heterocycles. The van der Waals surface area contributed by atoms with Crippen LogP contribution < -0.4 is 4.74 Å². The first-order valence-corrected chi connectivity index (χ1v) is 11.0. The second kappa shape index (κ2) is 10.1. The molecule has 166 valence electrons. The van der Waals surface area contributed by atoms with Gasteiger partial charge in [-0.15, -0.1) is 0 Å². The predicted molar refractivity (Wildman–Crippen MR) is 121 cm³/mol. The number of ether oxygens (including phenoxy) is 2. The van der Waals surface area contributed by atoms with Gasteiger partial charge >= 0.3 is 11.9 Å². The van der Waals surface area contributed by atoms with E-state index < -0.39 is 0 Å². The second-order valence-corrected chi connectivity index (χ2v) is 8.70. The lowest BCUT2D eigenvalue weighted by molar-refractivity contribution is -0.141. The first-order valence-electron chi connectivity index (χ1n) is 11.0. The van der Waals surface area contributed by atoms with Crippen LogP contribution in [0, 0.1) is 5.92 Å². The molecule has 31 heavy (non-hydrogen) atoms. The van der Waals surface area contributed by atoms with E-state index in [1.807, 2.05) is 24.3 Å². The number of esters is 2. The second-order valence-electron chi connectivity index (χ2n) is 8.70. The van der Waals surface area contributed by atoms with Crippen molar-refractivity contribution in [3.63, 3.8) is 0 Å². The molecule has 0 bridgehead atoms. The highest BCUT2D eigenvalue weighted by Crippen LogP contribution is 2.44. The molecule has 2 aromatic carbocycles. The van der Waals surface area contributed by atoms with E-state index in [-0.39, 0.29) is 23.4 Å². The van der Waals surface area contributed by atoms with Gasteiger partial charge in [0.25, 0.3) is 0 Å². The van der Waals surface area contributed by atoms with E-state index in [4.69, 9.17) is 9.47 Å². The van der Waals surface area contributed by atoms with Crippen molar-refractivity contribution in [1.29, 1.82) is 0 Å². The van der Waals surface area contributed by atoms with E-state index in [9.17, 15) is 9.59 Å². The number of carbonyl (C=O) groups excluding carboxylic acids is 2. The third kappa shape index (κ3) is 5.53. The number of hydrogen-bond donors (Lipinski definition) is 0. The predicted octanol–water partition coefficient (Wildman–Crippen LogP) is 4.39. The van der Waals surface area contributed by atoms with Crippen molar-refractivity contribution in [3.05, 3.63) is 65.7 Å². The summed E-state index contributed by atoms with van der Waals surface area (Å²) < 4.78 is 10.2. The number of carbonyl (C=O) groups is 2. The Morgan fingerprint density at radius 3 is 2.55 bits per heavy atom. The fraction of sp³-hybridized carbons (Fsp3) is 0.462. The average molecular weight is 424 g/mol. The molecule has 1 fully saturated rings. The van der Waals surface area contributed by atoms with Gasteiger partial charge in [-0.3, -0.25) is 14.5 Å². The van der Waals surface area contributed by atoms with Crippen LogP contribution in [0.5, 0.6) is 5.75 Å². The minimum atomic E-state index is -0.310. The summed E-state index contributed by atoms with van der Waals surface area (Å²) in [5.74, 6) is 0.432. The van der Waals surface area contributed by atoms with E-state index in [0.717, 1.165) is 19.4 Å². The van der Waals surface area contributed by atoms with E-state index >= 15 is 0 Å². The molecule has 1 saturated heterocycles. The van der Waals surface area contributed by atoms with Crippen molar-refractivity contribution in [2.24, 2.45) is 5.92 Å². The lowest BCUT2D eigenvalue weighted by atomic mass is 9.64. The molecule has 0 N–H and O–H groups in total. The fourth-order valence-corrected chi connectivity index (χ4v) is 4.77. The van der Waals surface area contributed by atoms with Gasteiger partial charge in [-0.05, 0) is 54.0 Å². The lowest BCUT2D eigenvalue weighted by Crippen LogP contribution is -2.55. The highest BCUT2D eigenvalue weighted by atomic mass is 16.5. The Morgan fingerprint density at radius 2 is 1.87 bits per heavy atom. The Balaban J connectivity index is 1.88. The van der Waals surface area contributed by atoms with Crippen LogP contribution >= 0.6 is 0 Å². The Hall–Kier alpha value is -2.66. The van der Waals surface area contributed by atoms with Crippen molar-refractivity contribution < 1.29 is 19.1 Å². The Kier molecular flexibility index (Phi) is 7.50. The fourth-order valence-electron chi connectivity index (χ4n) is 4.77. The maximum Gasteiger partial charge on any atom is 0.308 e. The van der Waals surface area contributed by atoms with Crippen LogP contribution in [0.15, 0.2) is 54.6 Å². The normalized spacial score (nSPS) is 23.9. The third-order valence-electron chi connectivity index (χ3n) is 6.84. The molecular formula is C26H33NO4. The summed E-state index contributed by atoms with van der Waals surface area (Å²) >= 11 is 0. The quantitative estimate of drug-likeness (QED) is 0.488. The molecule has 2 aromatic rings. The van der Waals surface area contributed by atoms with Crippen molar-refractivity contribution in [2.75, 3.05) is 20.2 Å². The van der Waals surface area contributed by atoms with Gasteiger partial charge in [0, 0.05) is 19.5 Å². The van der Waals surface area contributed by atoms with Crippen molar-refractivity contribution in [2.45, 2.75) is 51.5 Å². The number of piperidine rings is 1. The van der Waals surface area contributed by atoms with Crippen LogP contribution in [-0.2, 0) is 26.2 Å². The third-order valence-corrected chi connectivity index (χ3v) is 6.84. The maximum absolute atomic E-state index is 11.8. The highest BCUT2D eigenvalue weighted by molar-refractivity contribution is 5.69. The number of rotatable bonds is 7. The molecule has 5 nitrogen and oxygen atoms in total. The standard InChI is InChI=1S/C26H33NO4/c1-19-24(17-21-9-6-5-7-10-21)27(15-13-25(29)30-4)16-14-26(19,3)22-11-8-12-23(18-22)31-20(2)28/h5-12,18-19,24H,13-17H2,1-4H3/t19-,24-,26+/m0/s1. The summed E-state index contributed by atoms with van der Waals surface area (Å²) in [7, 11) is 1.44. The smallest absolute Gasteiger partial charge is 0.308 e. The van der Waals surface area contributed by atoms with Gasteiger partial charge in [-0.25, -0.2) is 0 Å². The van der Waals surface area contributed by atoms with Crippen molar-refractivity contribution in [3.8, 4) is 5.75 Å². The molecule has 0 radical (unpaired) electrons. The zero-order valence-corrected chi connectivity index (χ0v) is 19.0. The summed E-state index contributed by atoms with van der Waals surface area (Å²) in [5.41, 5.74) is 2.40. The minimum absolute atomic E-state index is 0.0721. The molecule has 0 aromatic heterocycles. The molecule has 0 aliphatic carbocycles. The molecule has 0 saturated carbocycles. The van der Waals surface area contributed by atoms with E-state index in [2.05, 4.69) is 49.1 Å². The average Bonchev–Trinajstić information content (AvgIpc) is 2.76. The van der Waals surface area contributed by atoms with Crippen LogP contribution in [0.4, 0.5) is 0 Å². The molecule has 0 amide bonds. The molecular weight excluding hydrogens is 390 g/mol. The molecule has 5 heteroatoms. The van der Waals surface area contributed by atoms with Crippen molar-refractivity contribution >= 4 is 11.9 Å². The minimum Gasteiger partial charge on any atom is -0.469 e. The maximum atomic E-state index is 11.8. The number of benzene rings is 2. The van der Waals surface area contributed by atoms with Gasteiger partial charge in [-0.2, -0.15) is 0 Å². The van der Waals surface area contributed by atoms with Gasteiger partial charge in [0.05, 0.1) is 13.5 Å². The van der Waals surface area contributed by atoms with Crippen LogP contribution in [0.1, 0.15) is 44.7 Å². The molecule has 1 aliphatic heterocycles.